The molecule has 7 heteroatoms. The van der Waals surface area contributed by atoms with Crippen LogP contribution in [0.3, 0.4) is 0 Å². The van der Waals surface area contributed by atoms with Gasteiger partial charge in [0.2, 0.25) is 0 Å². The van der Waals surface area contributed by atoms with Gasteiger partial charge in [-0.25, -0.2) is 0 Å². The summed E-state index contributed by atoms with van der Waals surface area (Å²) in [6, 6.07) is 12.4. The van der Waals surface area contributed by atoms with Crippen LogP contribution in [0.2, 0.25) is 0 Å². The number of likely N-dealkylation sites (tertiary alicyclic amines) is 1. The van der Waals surface area contributed by atoms with Crippen LogP contribution in [-0.2, 0) is 14.3 Å². The van der Waals surface area contributed by atoms with E-state index in [1.807, 2.05) is 38.1 Å². The molecule has 0 bridgehead atoms. The van der Waals surface area contributed by atoms with Crippen molar-refractivity contribution in [3.8, 4) is 5.75 Å². The Balaban J connectivity index is 1.67. The second-order valence-electron chi connectivity index (χ2n) is 9.29. The molecule has 1 atom stereocenters. The largest absolute Gasteiger partial charge is 0.507 e. The smallest absolute Gasteiger partial charge is 0.295 e. The maximum atomic E-state index is 13.3. The highest BCUT2D eigenvalue weighted by Gasteiger charge is 2.45. The number of ketones is 1. The van der Waals surface area contributed by atoms with Crippen LogP contribution < -0.4 is 4.74 Å². The van der Waals surface area contributed by atoms with Gasteiger partial charge >= 0.3 is 0 Å². The van der Waals surface area contributed by atoms with Crippen molar-refractivity contribution >= 4 is 17.4 Å². The third-order valence-electron chi connectivity index (χ3n) is 6.73. The van der Waals surface area contributed by atoms with Crippen LogP contribution in [0.5, 0.6) is 5.75 Å². The normalized spacial score (nSPS) is 20.1. The highest BCUT2D eigenvalue weighted by molar-refractivity contribution is 6.46. The summed E-state index contributed by atoms with van der Waals surface area (Å²) in [5.41, 5.74) is 3.25. The molecule has 190 valence electrons. The van der Waals surface area contributed by atoms with Crippen molar-refractivity contribution in [1.29, 1.82) is 0 Å². The van der Waals surface area contributed by atoms with Gasteiger partial charge < -0.3 is 19.5 Å². The first-order valence-corrected chi connectivity index (χ1v) is 12.4. The lowest BCUT2D eigenvalue weighted by Gasteiger charge is -2.29. The molecule has 36 heavy (non-hydrogen) atoms. The quantitative estimate of drug-likeness (QED) is 0.248. The topological polar surface area (TPSA) is 79.3 Å². The standard InChI is InChI=1S/C29H34N2O5/c1-4-16-36-23-10-11-24(21(3)19-23)27(32)25-26(22-8-6-20(2)7-9-22)31(29(34)28(25)33)13-5-12-30-14-17-35-18-15-30/h4,6-11,19,26,32H,1,5,12-18H2,2-3H3/b27-25-. The molecule has 2 fully saturated rings. The zero-order valence-electron chi connectivity index (χ0n) is 21.0. The molecule has 2 aromatic carbocycles. The van der Waals surface area contributed by atoms with E-state index in [0.29, 0.717) is 37.7 Å². The van der Waals surface area contributed by atoms with Crippen LogP contribution >= 0.6 is 0 Å². The van der Waals surface area contributed by atoms with E-state index in [9.17, 15) is 14.7 Å². The summed E-state index contributed by atoms with van der Waals surface area (Å²) in [6.45, 7) is 12.3. The molecule has 4 rings (SSSR count). The Labute approximate surface area is 212 Å². The fourth-order valence-electron chi connectivity index (χ4n) is 4.79. The summed E-state index contributed by atoms with van der Waals surface area (Å²) < 4.78 is 11.0. The Morgan fingerprint density at radius 3 is 2.50 bits per heavy atom. The fraction of sp³-hybridized carbons (Fsp3) is 0.379. The van der Waals surface area contributed by atoms with Gasteiger partial charge in [0.25, 0.3) is 11.7 Å². The molecule has 1 N–H and O–H groups in total. The number of Topliss-reactive ketones (excluding diaryl/α,β-unsaturated/α-hetero) is 1. The number of nitrogens with zero attached hydrogens (tertiary/aromatic N) is 2. The first-order valence-electron chi connectivity index (χ1n) is 12.4. The van der Waals surface area contributed by atoms with Gasteiger partial charge in [-0.3, -0.25) is 14.5 Å². The van der Waals surface area contributed by atoms with Crippen LogP contribution in [-0.4, -0.2) is 72.6 Å². The minimum absolute atomic E-state index is 0.123. The van der Waals surface area contributed by atoms with Crippen LogP contribution in [0.25, 0.3) is 5.76 Å². The first-order chi connectivity index (χ1) is 17.4. The molecule has 0 spiro atoms. The second kappa shape index (κ2) is 11.5. The minimum Gasteiger partial charge on any atom is -0.507 e. The number of rotatable bonds is 9. The average molecular weight is 491 g/mol. The van der Waals surface area contributed by atoms with Crippen molar-refractivity contribution in [2.75, 3.05) is 46.0 Å². The number of aliphatic hydroxyl groups excluding tert-OH is 1. The number of ether oxygens (including phenoxy) is 2. The molecule has 0 aliphatic carbocycles. The zero-order valence-corrected chi connectivity index (χ0v) is 21.0. The molecule has 2 saturated heterocycles. The lowest BCUT2D eigenvalue weighted by atomic mass is 9.93. The van der Waals surface area contributed by atoms with Gasteiger partial charge in [-0.05, 0) is 49.6 Å². The second-order valence-corrected chi connectivity index (χ2v) is 9.29. The number of amides is 1. The number of aliphatic hydroxyl groups is 1. The fourth-order valence-corrected chi connectivity index (χ4v) is 4.79. The van der Waals surface area contributed by atoms with Gasteiger partial charge in [0.05, 0.1) is 24.8 Å². The molecule has 1 unspecified atom stereocenters. The molecular formula is C29H34N2O5. The van der Waals surface area contributed by atoms with E-state index in [4.69, 9.17) is 9.47 Å². The van der Waals surface area contributed by atoms with Crippen molar-refractivity contribution < 1.29 is 24.2 Å². The van der Waals surface area contributed by atoms with E-state index < -0.39 is 17.7 Å². The van der Waals surface area contributed by atoms with Gasteiger partial charge in [0.15, 0.2) is 0 Å². The molecule has 7 nitrogen and oxygen atoms in total. The van der Waals surface area contributed by atoms with Crippen LogP contribution in [0.1, 0.15) is 34.7 Å². The Morgan fingerprint density at radius 2 is 1.83 bits per heavy atom. The van der Waals surface area contributed by atoms with Gasteiger partial charge in [0.1, 0.15) is 18.1 Å². The molecule has 0 aromatic heterocycles. The highest BCUT2D eigenvalue weighted by Crippen LogP contribution is 2.40. The van der Waals surface area contributed by atoms with Crippen molar-refractivity contribution in [2.24, 2.45) is 0 Å². The van der Waals surface area contributed by atoms with E-state index in [2.05, 4.69) is 11.5 Å². The summed E-state index contributed by atoms with van der Waals surface area (Å²) >= 11 is 0. The van der Waals surface area contributed by atoms with E-state index >= 15 is 0 Å². The van der Waals surface area contributed by atoms with Crippen LogP contribution in [0.4, 0.5) is 0 Å². The first kappa shape index (κ1) is 25.7. The Hall–Kier alpha value is -3.42. The third-order valence-corrected chi connectivity index (χ3v) is 6.73. The van der Waals surface area contributed by atoms with Crippen LogP contribution in [0, 0.1) is 13.8 Å². The van der Waals surface area contributed by atoms with E-state index in [-0.39, 0.29) is 11.3 Å². The van der Waals surface area contributed by atoms with E-state index in [1.165, 1.54) is 0 Å². The summed E-state index contributed by atoms with van der Waals surface area (Å²) in [5, 5.41) is 11.4. The van der Waals surface area contributed by atoms with Crippen molar-refractivity contribution in [1.82, 2.24) is 9.80 Å². The number of carbonyl (C=O) groups is 2. The molecule has 1 amide bonds. The monoisotopic (exact) mass is 490 g/mol. The molecule has 0 saturated carbocycles. The summed E-state index contributed by atoms with van der Waals surface area (Å²) in [7, 11) is 0. The lowest BCUT2D eigenvalue weighted by molar-refractivity contribution is -0.140. The number of morpholine rings is 1. The maximum Gasteiger partial charge on any atom is 0.295 e. The minimum atomic E-state index is -0.657. The molecular weight excluding hydrogens is 456 g/mol. The van der Waals surface area contributed by atoms with Crippen LogP contribution in [0.15, 0.2) is 60.7 Å². The average Bonchev–Trinajstić information content (AvgIpc) is 3.13. The van der Waals surface area contributed by atoms with Crippen molar-refractivity contribution in [3.63, 3.8) is 0 Å². The Kier molecular flexibility index (Phi) is 8.23. The molecule has 0 radical (unpaired) electrons. The van der Waals surface area contributed by atoms with E-state index in [0.717, 1.165) is 42.7 Å². The number of carbonyl (C=O) groups excluding carboxylic acids is 2. The van der Waals surface area contributed by atoms with Crippen molar-refractivity contribution in [2.45, 2.75) is 26.3 Å². The SMILES string of the molecule is C=CCOc1ccc(/C(O)=C2/C(=O)C(=O)N(CCCN3CCOCC3)C2c2ccc(C)cc2)c(C)c1. The molecule has 2 aromatic rings. The van der Waals surface area contributed by atoms with Crippen molar-refractivity contribution in [3.05, 3.63) is 82.9 Å². The number of benzene rings is 2. The summed E-state index contributed by atoms with van der Waals surface area (Å²) in [5.74, 6) is -0.756. The predicted molar refractivity (Wildman–Crippen MR) is 139 cm³/mol. The number of hydrogen-bond donors (Lipinski definition) is 1. The summed E-state index contributed by atoms with van der Waals surface area (Å²) in [6.07, 6.45) is 2.38. The van der Waals surface area contributed by atoms with Gasteiger partial charge in [-0.15, -0.1) is 0 Å². The predicted octanol–water partition coefficient (Wildman–Crippen LogP) is 4.01. The van der Waals surface area contributed by atoms with E-state index in [1.54, 1.807) is 29.2 Å². The maximum absolute atomic E-state index is 13.3. The number of hydrogen-bond acceptors (Lipinski definition) is 6. The molecule has 2 aliphatic rings. The zero-order chi connectivity index (χ0) is 25.7. The third kappa shape index (κ3) is 5.53. The van der Waals surface area contributed by atoms with Gasteiger partial charge in [0, 0.05) is 31.7 Å². The summed E-state index contributed by atoms with van der Waals surface area (Å²) in [4.78, 5) is 30.4. The number of aryl methyl sites for hydroxylation is 2. The molecule has 2 aliphatic heterocycles. The molecule has 2 heterocycles. The highest BCUT2D eigenvalue weighted by atomic mass is 16.5. The lowest BCUT2D eigenvalue weighted by Crippen LogP contribution is -2.38. The Morgan fingerprint density at radius 1 is 1.11 bits per heavy atom. The Bertz CT molecular complexity index is 1150. The van der Waals surface area contributed by atoms with Gasteiger partial charge in [-0.1, -0.05) is 42.5 Å². The van der Waals surface area contributed by atoms with Gasteiger partial charge in [-0.2, -0.15) is 0 Å².